The van der Waals surface area contributed by atoms with E-state index in [9.17, 15) is 4.79 Å². The smallest absolute Gasteiger partial charge is 0.250 e. The average Bonchev–Trinajstić information content (AvgIpc) is 2.18. The summed E-state index contributed by atoms with van der Waals surface area (Å²) in [7, 11) is 0. The van der Waals surface area contributed by atoms with E-state index in [1.807, 2.05) is 0 Å². The van der Waals surface area contributed by atoms with E-state index in [-0.39, 0.29) is 25.6 Å². The molecule has 6 nitrogen and oxygen atoms in total. The summed E-state index contributed by atoms with van der Waals surface area (Å²) in [6.07, 6.45) is 0. The van der Waals surface area contributed by atoms with Crippen LogP contribution in [0.15, 0.2) is 0 Å². The third-order valence-electron chi connectivity index (χ3n) is 1.36. The molecule has 0 saturated carbocycles. The summed E-state index contributed by atoms with van der Waals surface area (Å²) >= 11 is 0. The van der Waals surface area contributed by atoms with Crippen LogP contribution in [0.1, 0.15) is 0 Å². The molecule has 0 fully saturated rings. The number of hydrogen-bond acceptors (Lipinski definition) is 5. The van der Waals surface area contributed by atoms with Gasteiger partial charge in [-0.1, -0.05) is 0 Å². The molecule has 14 heavy (non-hydrogen) atoms. The van der Waals surface area contributed by atoms with E-state index in [4.69, 9.17) is 21.0 Å². The van der Waals surface area contributed by atoms with Crippen molar-refractivity contribution in [1.29, 1.82) is 10.5 Å². The van der Waals surface area contributed by atoms with Gasteiger partial charge in [-0.2, -0.15) is 10.5 Å². The maximum absolute atomic E-state index is 11.3. The molecule has 0 bridgehead atoms. The first-order chi connectivity index (χ1) is 6.76. The predicted molar refractivity (Wildman–Crippen MR) is 47.7 cm³/mol. The highest BCUT2D eigenvalue weighted by molar-refractivity contribution is 5.77. The normalized spacial score (nSPS) is 8.79. The first-order valence-electron chi connectivity index (χ1n) is 4.05. The van der Waals surface area contributed by atoms with Gasteiger partial charge in [0.15, 0.2) is 0 Å². The Morgan fingerprint density at radius 2 is 1.93 bits per heavy atom. The van der Waals surface area contributed by atoms with Gasteiger partial charge >= 0.3 is 0 Å². The number of carbonyl (C=O) groups excluding carboxylic acids is 1. The second kappa shape index (κ2) is 7.99. The molecule has 2 N–H and O–H groups in total. The van der Waals surface area contributed by atoms with Gasteiger partial charge in [-0.15, -0.1) is 0 Å². The van der Waals surface area contributed by atoms with Gasteiger partial charge in [0.25, 0.3) is 0 Å². The number of hydrogen-bond donors (Lipinski definition) is 1. The number of rotatable bonds is 6. The van der Waals surface area contributed by atoms with E-state index in [2.05, 4.69) is 0 Å². The van der Waals surface area contributed by atoms with Crippen LogP contribution < -0.4 is 5.73 Å². The Labute approximate surface area is 82.5 Å². The van der Waals surface area contributed by atoms with Crippen LogP contribution in [0.2, 0.25) is 0 Å². The van der Waals surface area contributed by atoms with Gasteiger partial charge < -0.3 is 15.4 Å². The summed E-state index contributed by atoms with van der Waals surface area (Å²) in [5.41, 5.74) is 5.15. The topological polar surface area (TPSA) is 103 Å². The molecular weight excluding hydrogens is 184 g/mol. The Bertz CT molecular complexity index is 237. The molecule has 1 amide bonds. The van der Waals surface area contributed by atoms with Gasteiger partial charge in [-0.25, -0.2) is 0 Å². The SMILES string of the molecule is N#CCN(CC#N)C(=O)COCCN. The predicted octanol–water partition coefficient (Wildman–Crippen LogP) is -1.16. The summed E-state index contributed by atoms with van der Waals surface area (Å²) in [6.45, 7) is 0.291. The second-order valence-corrected chi connectivity index (χ2v) is 2.41. The van der Waals surface area contributed by atoms with Crippen LogP contribution in [0.5, 0.6) is 0 Å². The van der Waals surface area contributed by atoms with Crippen LogP contribution in [0, 0.1) is 22.7 Å². The fraction of sp³-hybridized carbons (Fsp3) is 0.625. The highest BCUT2D eigenvalue weighted by atomic mass is 16.5. The Morgan fingerprint density at radius 3 is 2.36 bits per heavy atom. The third kappa shape index (κ3) is 5.09. The number of nitrogens with zero attached hydrogens (tertiary/aromatic N) is 3. The lowest BCUT2D eigenvalue weighted by Gasteiger charge is -2.15. The summed E-state index contributed by atoms with van der Waals surface area (Å²) in [6, 6.07) is 3.60. The third-order valence-corrected chi connectivity index (χ3v) is 1.36. The lowest BCUT2D eigenvalue weighted by molar-refractivity contribution is -0.134. The van der Waals surface area contributed by atoms with Crippen LogP contribution in [0.4, 0.5) is 0 Å². The first-order valence-corrected chi connectivity index (χ1v) is 4.05. The van der Waals surface area contributed by atoms with Crippen molar-refractivity contribution in [3.05, 3.63) is 0 Å². The molecule has 76 valence electrons. The summed E-state index contributed by atoms with van der Waals surface area (Å²) in [5.74, 6) is -0.374. The van der Waals surface area contributed by atoms with Gasteiger partial charge in [0.1, 0.15) is 19.7 Å². The van der Waals surface area contributed by atoms with Gasteiger partial charge in [0.05, 0.1) is 18.7 Å². The standard InChI is InChI=1S/C8H12N4O2/c9-1-4-12(5-2-10)8(13)7-14-6-3-11/h3-7,11H2. The molecule has 0 radical (unpaired) electrons. The van der Waals surface area contributed by atoms with Crippen molar-refractivity contribution in [1.82, 2.24) is 4.90 Å². The van der Waals surface area contributed by atoms with Crippen LogP contribution in [-0.4, -0.2) is 43.7 Å². The van der Waals surface area contributed by atoms with E-state index in [0.717, 1.165) is 4.90 Å². The first kappa shape index (κ1) is 12.4. The van der Waals surface area contributed by atoms with Crippen LogP contribution in [0.25, 0.3) is 0 Å². The van der Waals surface area contributed by atoms with Crippen LogP contribution in [-0.2, 0) is 9.53 Å². The van der Waals surface area contributed by atoms with E-state index >= 15 is 0 Å². The molecule has 0 aromatic heterocycles. The van der Waals surface area contributed by atoms with Crippen molar-refractivity contribution in [2.75, 3.05) is 32.8 Å². The maximum atomic E-state index is 11.3. The molecule has 0 aliphatic rings. The van der Waals surface area contributed by atoms with E-state index in [1.165, 1.54) is 0 Å². The van der Waals surface area contributed by atoms with Crippen molar-refractivity contribution >= 4 is 5.91 Å². The molecule has 0 aliphatic heterocycles. The monoisotopic (exact) mass is 196 g/mol. The highest BCUT2D eigenvalue weighted by Gasteiger charge is 2.11. The lowest BCUT2D eigenvalue weighted by Crippen LogP contribution is -2.35. The summed E-state index contributed by atoms with van der Waals surface area (Å²) in [5, 5.41) is 16.7. The molecule has 0 heterocycles. The fourth-order valence-corrected chi connectivity index (χ4v) is 0.737. The molecule has 0 unspecified atom stereocenters. The Balaban J connectivity index is 3.91. The number of carbonyl (C=O) groups is 1. The zero-order valence-electron chi connectivity index (χ0n) is 7.77. The van der Waals surface area contributed by atoms with Gasteiger partial charge in [-0.3, -0.25) is 4.79 Å². The van der Waals surface area contributed by atoms with Crippen molar-refractivity contribution in [2.45, 2.75) is 0 Å². The molecule has 6 heteroatoms. The molecule has 0 aromatic carbocycles. The summed E-state index contributed by atoms with van der Waals surface area (Å²) in [4.78, 5) is 12.4. The van der Waals surface area contributed by atoms with E-state index < -0.39 is 0 Å². The average molecular weight is 196 g/mol. The fourth-order valence-electron chi connectivity index (χ4n) is 0.737. The largest absolute Gasteiger partial charge is 0.370 e. The minimum Gasteiger partial charge on any atom is -0.370 e. The molecule has 0 atom stereocenters. The molecule has 0 aromatic rings. The van der Waals surface area contributed by atoms with Gasteiger partial charge in [0.2, 0.25) is 5.91 Å². The number of amides is 1. The molecule has 0 spiro atoms. The minimum atomic E-state index is -0.374. The molecular formula is C8H12N4O2. The zero-order valence-corrected chi connectivity index (χ0v) is 7.77. The van der Waals surface area contributed by atoms with Gasteiger partial charge in [0, 0.05) is 6.54 Å². The molecule has 0 aliphatic carbocycles. The van der Waals surface area contributed by atoms with Crippen molar-refractivity contribution < 1.29 is 9.53 Å². The Kier molecular flexibility index (Phi) is 7.06. The lowest BCUT2D eigenvalue weighted by atomic mass is 10.4. The van der Waals surface area contributed by atoms with Crippen molar-refractivity contribution in [2.24, 2.45) is 5.73 Å². The maximum Gasteiger partial charge on any atom is 0.250 e. The molecule has 0 rings (SSSR count). The number of ether oxygens (including phenoxy) is 1. The zero-order chi connectivity index (χ0) is 10.8. The molecule has 0 saturated heterocycles. The van der Waals surface area contributed by atoms with Crippen molar-refractivity contribution in [3.8, 4) is 12.1 Å². The number of nitrogens with two attached hydrogens (primary N) is 1. The van der Waals surface area contributed by atoms with Crippen LogP contribution in [0.3, 0.4) is 0 Å². The van der Waals surface area contributed by atoms with Crippen molar-refractivity contribution in [3.63, 3.8) is 0 Å². The van der Waals surface area contributed by atoms with Crippen LogP contribution >= 0.6 is 0 Å². The second-order valence-electron chi connectivity index (χ2n) is 2.41. The summed E-state index contributed by atoms with van der Waals surface area (Å²) < 4.78 is 4.88. The highest BCUT2D eigenvalue weighted by Crippen LogP contribution is 1.89. The number of nitriles is 2. The minimum absolute atomic E-state index is 0.0988. The Morgan fingerprint density at radius 1 is 1.36 bits per heavy atom. The van der Waals surface area contributed by atoms with E-state index in [0.29, 0.717) is 13.2 Å². The Hall–Kier alpha value is -1.63. The van der Waals surface area contributed by atoms with E-state index in [1.54, 1.807) is 12.1 Å². The van der Waals surface area contributed by atoms with Gasteiger partial charge in [-0.05, 0) is 0 Å². The quantitative estimate of drug-likeness (QED) is 0.426.